The van der Waals surface area contributed by atoms with Crippen LogP contribution in [0.1, 0.15) is 5.69 Å². The van der Waals surface area contributed by atoms with Crippen LogP contribution in [0.15, 0.2) is 36.8 Å². The van der Waals surface area contributed by atoms with Crippen molar-refractivity contribution in [1.29, 1.82) is 0 Å². The zero-order chi connectivity index (χ0) is 10.7. The lowest BCUT2D eigenvalue weighted by Gasteiger charge is -2.00. The maximum atomic E-state index is 12.9. The average molecular weight is 204 g/mol. The van der Waals surface area contributed by atoms with Gasteiger partial charge in [-0.15, -0.1) is 0 Å². The molecule has 0 spiro atoms. The Morgan fingerprint density at radius 3 is 3.07 bits per heavy atom. The van der Waals surface area contributed by atoms with E-state index in [0.717, 1.165) is 6.29 Å². The molecule has 0 saturated carbocycles. The van der Waals surface area contributed by atoms with Gasteiger partial charge in [0.25, 0.3) is 0 Å². The molecule has 0 N–H and O–H groups in total. The van der Waals surface area contributed by atoms with Gasteiger partial charge in [-0.1, -0.05) is 6.07 Å². The molecule has 0 aliphatic rings. The molecule has 0 bridgehead atoms. The summed E-state index contributed by atoms with van der Waals surface area (Å²) >= 11 is 0. The molecular formula is C11H9FN2O. The van der Waals surface area contributed by atoms with Gasteiger partial charge in [-0.2, -0.15) is 0 Å². The number of nitrogens with zero attached hydrogens (tertiary/aromatic N) is 2. The van der Waals surface area contributed by atoms with Crippen LogP contribution in [0, 0.1) is 5.82 Å². The number of carbonyl (C=O) groups is 1. The van der Waals surface area contributed by atoms with Crippen molar-refractivity contribution in [3.8, 4) is 5.69 Å². The van der Waals surface area contributed by atoms with Gasteiger partial charge in [-0.25, -0.2) is 9.37 Å². The van der Waals surface area contributed by atoms with Crippen molar-refractivity contribution in [1.82, 2.24) is 9.55 Å². The number of aromatic nitrogens is 2. The third-order valence-electron chi connectivity index (χ3n) is 2.03. The zero-order valence-corrected chi connectivity index (χ0v) is 7.93. The van der Waals surface area contributed by atoms with Gasteiger partial charge < -0.3 is 9.36 Å². The molecule has 76 valence electrons. The van der Waals surface area contributed by atoms with Crippen LogP contribution in [0.2, 0.25) is 0 Å². The van der Waals surface area contributed by atoms with E-state index in [0.29, 0.717) is 11.4 Å². The lowest BCUT2D eigenvalue weighted by atomic mass is 10.3. The van der Waals surface area contributed by atoms with Crippen molar-refractivity contribution in [3.05, 3.63) is 48.3 Å². The maximum Gasteiger partial charge on any atom is 0.125 e. The van der Waals surface area contributed by atoms with Crippen LogP contribution >= 0.6 is 0 Å². The van der Waals surface area contributed by atoms with E-state index in [2.05, 4.69) is 4.98 Å². The molecule has 0 atom stereocenters. The minimum Gasteiger partial charge on any atom is -0.306 e. The number of hydrogen-bond donors (Lipinski definition) is 0. The van der Waals surface area contributed by atoms with E-state index in [1.54, 1.807) is 29.2 Å². The van der Waals surface area contributed by atoms with Crippen LogP contribution in [-0.4, -0.2) is 15.8 Å². The van der Waals surface area contributed by atoms with E-state index >= 15 is 0 Å². The van der Waals surface area contributed by atoms with Gasteiger partial charge in [-0.05, 0) is 18.2 Å². The Morgan fingerprint density at radius 2 is 2.33 bits per heavy atom. The smallest absolute Gasteiger partial charge is 0.125 e. The number of halogens is 1. The van der Waals surface area contributed by atoms with Gasteiger partial charge in [0.05, 0.1) is 12.0 Å². The summed E-state index contributed by atoms with van der Waals surface area (Å²) in [5, 5.41) is 0. The van der Waals surface area contributed by atoms with E-state index in [4.69, 9.17) is 0 Å². The molecular weight excluding hydrogens is 195 g/mol. The molecule has 0 radical (unpaired) electrons. The Balaban J connectivity index is 2.32. The van der Waals surface area contributed by atoms with E-state index in [1.807, 2.05) is 0 Å². The third-order valence-corrected chi connectivity index (χ3v) is 2.03. The fraction of sp³-hybridized carbons (Fsp3) is 0.0909. The second-order valence-corrected chi connectivity index (χ2v) is 3.12. The molecule has 15 heavy (non-hydrogen) atoms. The van der Waals surface area contributed by atoms with Crippen LogP contribution < -0.4 is 0 Å². The Morgan fingerprint density at radius 1 is 1.47 bits per heavy atom. The van der Waals surface area contributed by atoms with Crippen LogP contribution in [-0.2, 0) is 11.2 Å². The maximum absolute atomic E-state index is 12.9. The topological polar surface area (TPSA) is 34.9 Å². The Labute approximate surface area is 86.2 Å². The first kappa shape index (κ1) is 9.58. The highest BCUT2D eigenvalue weighted by Gasteiger charge is 2.00. The van der Waals surface area contributed by atoms with Crippen LogP contribution in [0.25, 0.3) is 5.69 Å². The fourth-order valence-electron chi connectivity index (χ4n) is 1.33. The minimum atomic E-state index is -0.293. The summed E-state index contributed by atoms with van der Waals surface area (Å²) in [5.41, 5.74) is 1.37. The molecule has 3 nitrogen and oxygen atoms in total. The first-order valence-corrected chi connectivity index (χ1v) is 4.52. The lowest BCUT2D eigenvalue weighted by Crippen LogP contribution is -1.90. The highest BCUT2D eigenvalue weighted by molar-refractivity contribution is 5.53. The van der Waals surface area contributed by atoms with Gasteiger partial charge in [-0.3, -0.25) is 0 Å². The van der Waals surface area contributed by atoms with E-state index in [-0.39, 0.29) is 12.2 Å². The number of aldehydes is 1. The molecule has 2 aromatic rings. The molecule has 0 aliphatic carbocycles. The van der Waals surface area contributed by atoms with Crippen molar-refractivity contribution in [2.75, 3.05) is 0 Å². The van der Waals surface area contributed by atoms with Crippen molar-refractivity contribution >= 4 is 6.29 Å². The molecule has 4 heteroatoms. The zero-order valence-electron chi connectivity index (χ0n) is 7.93. The van der Waals surface area contributed by atoms with Gasteiger partial charge >= 0.3 is 0 Å². The van der Waals surface area contributed by atoms with Gasteiger partial charge in [0.15, 0.2) is 0 Å². The summed E-state index contributed by atoms with van der Waals surface area (Å²) in [6.07, 6.45) is 4.34. The number of carbonyl (C=O) groups excluding carboxylic acids is 1. The Hall–Kier alpha value is -1.97. The number of hydrogen-bond acceptors (Lipinski definition) is 2. The van der Waals surface area contributed by atoms with E-state index in [1.165, 1.54) is 12.1 Å². The van der Waals surface area contributed by atoms with E-state index in [9.17, 15) is 9.18 Å². The molecule has 0 unspecified atom stereocenters. The molecule has 0 saturated heterocycles. The lowest BCUT2D eigenvalue weighted by molar-refractivity contribution is -0.107. The van der Waals surface area contributed by atoms with Crippen molar-refractivity contribution in [3.63, 3.8) is 0 Å². The van der Waals surface area contributed by atoms with Crippen molar-refractivity contribution in [2.45, 2.75) is 6.42 Å². The largest absolute Gasteiger partial charge is 0.306 e. The van der Waals surface area contributed by atoms with Crippen LogP contribution in [0.4, 0.5) is 4.39 Å². The summed E-state index contributed by atoms with van der Waals surface area (Å²) in [6, 6.07) is 6.19. The standard InChI is InChI=1S/C11H9FN2O/c12-9-2-1-3-11(6-9)14-7-10(4-5-15)13-8-14/h1-3,5-8H,4H2. The normalized spacial score (nSPS) is 10.2. The highest BCUT2D eigenvalue weighted by atomic mass is 19.1. The third kappa shape index (κ3) is 2.10. The number of imidazole rings is 1. The summed E-state index contributed by atoms with van der Waals surface area (Å²) < 4.78 is 14.6. The molecule has 1 aromatic heterocycles. The predicted octanol–water partition coefficient (Wildman–Crippen LogP) is 1.75. The highest BCUT2D eigenvalue weighted by Crippen LogP contribution is 2.10. The first-order valence-electron chi connectivity index (χ1n) is 4.52. The van der Waals surface area contributed by atoms with Crippen molar-refractivity contribution < 1.29 is 9.18 Å². The molecule has 1 aromatic carbocycles. The summed E-state index contributed by atoms with van der Waals surface area (Å²) in [6.45, 7) is 0. The van der Waals surface area contributed by atoms with Crippen LogP contribution in [0.5, 0.6) is 0 Å². The molecule has 0 fully saturated rings. The SMILES string of the molecule is O=CCc1cn(-c2cccc(F)c2)cn1. The summed E-state index contributed by atoms with van der Waals surface area (Å²) in [7, 11) is 0. The molecule has 1 heterocycles. The van der Waals surface area contributed by atoms with Crippen LogP contribution in [0.3, 0.4) is 0 Å². The number of rotatable bonds is 3. The average Bonchev–Trinajstić information content (AvgIpc) is 2.67. The fourth-order valence-corrected chi connectivity index (χ4v) is 1.33. The van der Waals surface area contributed by atoms with Gasteiger partial charge in [0, 0.05) is 18.3 Å². The molecule has 0 amide bonds. The minimum absolute atomic E-state index is 0.280. The molecule has 0 aliphatic heterocycles. The predicted molar refractivity (Wildman–Crippen MR) is 53.3 cm³/mol. The van der Waals surface area contributed by atoms with Crippen molar-refractivity contribution in [2.24, 2.45) is 0 Å². The Kier molecular flexibility index (Phi) is 2.58. The second-order valence-electron chi connectivity index (χ2n) is 3.12. The van der Waals surface area contributed by atoms with E-state index < -0.39 is 0 Å². The first-order chi connectivity index (χ1) is 7.29. The summed E-state index contributed by atoms with van der Waals surface area (Å²) in [5.74, 6) is -0.293. The quantitative estimate of drug-likeness (QED) is 0.714. The van der Waals surface area contributed by atoms with Gasteiger partial charge in [0.2, 0.25) is 0 Å². The molecule has 2 rings (SSSR count). The van der Waals surface area contributed by atoms with Gasteiger partial charge in [0.1, 0.15) is 12.1 Å². The Bertz CT molecular complexity index is 479. The monoisotopic (exact) mass is 204 g/mol. The summed E-state index contributed by atoms with van der Waals surface area (Å²) in [4.78, 5) is 14.3. The second kappa shape index (κ2) is 4.04. The number of benzene rings is 1.